The van der Waals surface area contributed by atoms with Gasteiger partial charge in [0.25, 0.3) is 0 Å². The highest BCUT2D eigenvalue weighted by molar-refractivity contribution is 5.37. The highest BCUT2D eigenvalue weighted by atomic mass is 16.5. The highest BCUT2D eigenvalue weighted by Gasteiger charge is 2.15. The summed E-state index contributed by atoms with van der Waals surface area (Å²) in [5.41, 5.74) is 2.75. The summed E-state index contributed by atoms with van der Waals surface area (Å²) in [4.78, 5) is 0. The van der Waals surface area contributed by atoms with E-state index in [9.17, 15) is 0 Å². The lowest BCUT2D eigenvalue weighted by molar-refractivity contribution is 0.247. The molecule has 1 unspecified atom stereocenters. The van der Waals surface area contributed by atoms with E-state index in [1.54, 1.807) is 0 Å². The Hall–Kier alpha value is -3.05. The Labute approximate surface area is 130 Å². The van der Waals surface area contributed by atoms with Crippen LogP contribution in [0.3, 0.4) is 0 Å². The molecule has 2 nitrogen and oxygen atoms in total. The Bertz CT molecular complexity index is 758. The number of benzene rings is 3. The lowest BCUT2D eigenvalue weighted by Crippen LogP contribution is -2.09. The minimum atomic E-state index is -0.198. The fraction of sp³-hybridized carbons (Fsp3) is 0.0500. The normalized spacial score (nSPS) is 11.4. The number of para-hydroxylation sites is 1. The van der Waals surface area contributed by atoms with Gasteiger partial charge >= 0.3 is 0 Å². The molecule has 0 saturated heterocycles. The highest BCUT2D eigenvalue weighted by Crippen LogP contribution is 2.28. The first-order chi connectivity index (χ1) is 10.9. The van der Waals surface area contributed by atoms with Crippen LogP contribution in [-0.4, -0.2) is 0 Å². The second-order valence-electron chi connectivity index (χ2n) is 4.96. The Morgan fingerprint density at radius 2 is 1.23 bits per heavy atom. The van der Waals surface area contributed by atoms with E-state index in [0.717, 1.165) is 16.9 Å². The summed E-state index contributed by atoms with van der Waals surface area (Å²) in [5, 5.41) is 8.94. The Balaban J connectivity index is 1.97. The van der Waals surface area contributed by atoms with Crippen LogP contribution in [0.2, 0.25) is 0 Å². The summed E-state index contributed by atoms with van der Waals surface area (Å²) in [5.74, 6) is 0.820. The predicted molar refractivity (Wildman–Crippen MR) is 86.5 cm³/mol. The van der Waals surface area contributed by atoms with Crippen molar-refractivity contribution in [3.63, 3.8) is 0 Å². The summed E-state index contributed by atoms with van der Waals surface area (Å²) in [6.07, 6.45) is -0.198. The van der Waals surface area contributed by atoms with Crippen LogP contribution in [0.4, 0.5) is 0 Å². The van der Waals surface area contributed by atoms with E-state index in [0.29, 0.717) is 5.56 Å². The van der Waals surface area contributed by atoms with Crippen LogP contribution in [0, 0.1) is 11.3 Å². The third-order valence-corrected chi connectivity index (χ3v) is 3.44. The molecule has 0 saturated carbocycles. The van der Waals surface area contributed by atoms with Crippen LogP contribution in [0.1, 0.15) is 22.8 Å². The largest absolute Gasteiger partial charge is 0.481 e. The van der Waals surface area contributed by atoms with Gasteiger partial charge in [0.05, 0.1) is 11.6 Å². The van der Waals surface area contributed by atoms with Crippen molar-refractivity contribution in [2.24, 2.45) is 0 Å². The Kier molecular flexibility index (Phi) is 4.17. The third-order valence-electron chi connectivity index (χ3n) is 3.44. The van der Waals surface area contributed by atoms with Crippen molar-refractivity contribution in [3.05, 3.63) is 102 Å². The molecule has 106 valence electrons. The molecule has 1 atom stereocenters. The molecule has 0 amide bonds. The summed E-state index contributed by atoms with van der Waals surface area (Å²) >= 11 is 0. The van der Waals surface area contributed by atoms with E-state index in [2.05, 4.69) is 6.07 Å². The summed E-state index contributed by atoms with van der Waals surface area (Å²) in [7, 11) is 0. The SMILES string of the molecule is N#Cc1ccc(C(Oc2ccccc2)c2ccccc2)cc1. The van der Waals surface area contributed by atoms with E-state index in [-0.39, 0.29) is 6.10 Å². The van der Waals surface area contributed by atoms with Crippen molar-refractivity contribution in [1.29, 1.82) is 5.26 Å². The van der Waals surface area contributed by atoms with Crippen LogP contribution in [-0.2, 0) is 0 Å². The molecule has 0 bridgehead atoms. The number of nitrogens with zero attached hydrogens (tertiary/aromatic N) is 1. The van der Waals surface area contributed by atoms with Gasteiger partial charge in [-0.1, -0.05) is 60.7 Å². The van der Waals surface area contributed by atoms with Crippen molar-refractivity contribution >= 4 is 0 Å². The smallest absolute Gasteiger partial charge is 0.149 e. The van der Waals surface area contributed by atoms with E-state index in [1.807, 2.05) is 84.9 Å². The van der Waals surface area contributed by atoms with Crippen LogP contribution >= 0.6 is 0 Å². The summed E-state index contributed by atoms with van der Waals surface area (Å²) in [6.45, 7) is 0. The third kappa shape index (κ3) is 3.16. The van der Waals surface area contributed by atoms with E-state index >= 15 is 0 Å². The molecule has 0 spiro atoms. The molecule has 0 fully saturated rings. The molecule has 0 aliphatic carbocycles. The van der Waals surface area contributed by atoms with Gasteiger partial charge in [-0.2, -0.15) is 5.26 Å². The quantitative estimate of drug-likeness (QED) is 0.694. The maximum atomic E-state index is 8.94. The van der Waals surface area contributed by atoms with Crippen LogP contribution in [0.5, 0.6) is 5.75 Å². The van der Waals surface area contributed by atoms with Gasteiger partial charge in [-0.15, -0.1) is 0 Å². The maximum Gasteiger partial charge on any atom is 0.149 e. The molecule has 0 heterocycles. The van der Waals surface area contributed by atoms with E-state index in [4.69, 9.17) is 10.00 Å². The topological polar surface area (TPSA) is 33.0 Å². The van der Waals surface area contributed by atoms with E-state index < -0.39 is 0 Å². The zero-order valence-corrected chi connectivity index (χ0v) is 12.0. The number of nitriles is 1. The lowest BCUT2D eigenvalue weighted by atomic mass is 10.0. The fourth-order valence-electron chi connectivity index (χ4n) is 2.32. The molecule has 0 aliphatic rings. The maximum absolute atomic E-state index is 8.94. The van der Waals surface area contributed by atoms with Gasteiger partial charge in [0.1, 0.15) is 11.9 Å². The minimum Gasteiger partial charge on any atom is -0.481 e. The van der Waals surface area contributed by atoms with Crippen molar-refractivity contribution in [2.45, 2.75) is 6.10 Å². The first-order valence-electron chi connectivity index (χ1n) is 7.13. The summed E-state index contributed by atoms with van der Waals surface area (Å²) < 4.78 is 6.18. The van der Waals surface area contributed by atoms with Gasteiger partial charge in [-0.25, -0.2) is 0 Å². The second kappa shape index (κ2) is 6.60. The number of rotatable bonds is 4. The first-order valence-corrected chi connectivity index (χ1v) is 7.13. The number of ether oxygens (including phenoxy) is 1. The van der Waals surface area contributed by atoms with Gasteiger partial charge in [0.15, 0.2) is 0 Å². The van der Waals surface area contributed by atoms with Crippen molar-refractivity contribution in [3.8, 4) is 11.8 Å². The molecule has 3 aromatic carbocycles. The Morgan fingerprint density at radius 3 is 1.82 bits per heavy atom. The average Bonchev–Trinajstić information content (AvgIpc) is 2.61. The Morgan fingerprint density at radius 1 is 0.682 bits per heavy atom. The zero-order chi connectivity index (χ0) is 15.2. The molecule has 2 heteroatoms. The second-order valence-corrected chi connectivity index (χ2v) is 4.96. The van der Waals surface area contributed by atoms with Crippen LogP contribution in [0.25, 0.3) is 0 Å². The summed E-state index contributed by atoms with van der Waals surface area (Å²) in [6, 6.07) is 29.5. The zero-order valence-electron chi connectivity index (χ0n) is 12.0. The van der Waals surface area contributed by atoms with Gasteiger partial charge in [0, 0.05) is 0 Å². The number of hydrogen-bond acceptors (Lipinski definition) is 2. The van der Waals surface area contributed by atoms with Gasteiger partial charge in [-0.05, 0) is 35.4 Å². The molecule has 0 aliphatic heterocycles. The molecular weight excluding hydrogens is 270 g/mol. The molecular formula is C20H15NO. The van der Waals surface area contributed by atoms with Crippen molar-refractivity contribution in [2.75, 3.05) is 0 Å². The van der Waals surface area contributed by atoms with Crippen molar-refractivity contribution < 1.29 is 4.74 Å². The molecule has 0 N–H and O–H groups in total. The monoisotopic (exact) mass is 285 g/mol. The van der Waals surface area contributed by atoms with E-state index in [1.165, 1.54) is 0 Å². The fourth-order valence-corrected chi connectivity index (χ4v) is 2.32. The lowest BCUT2D eigenvalue weighted by Gasteiger charge is -2.20. The van der Waals surface area contributed by atoms with Crippen LogP contribution < -0.4 is 4.74 Å². The first kappa shape index (κ1) is 13.9. The average molecular weight is 285 g/mol. The van der Waals surface area contributed by atoms with Gasteiger partial charge < -0.3 is 4.74 Å². The van der Waals surface area contributed by atoms with Gasteiger partial charge in [0.2, 0.25) is 0 Å². The predicted octanol–water partition coefficient (Wildman–Crippen LogP) is 4.73. The van der Waals surface area contributed by atoms with Gasteiger partial charge in [-0.3, -0.25) is 0 Å². The minimum absolute atomic E-state index is 0.198. The van der Waals surface area contributed by atoms with Crippen molar-refractivity contribution in [1.82, 2.24) is 0 Å². The number of hydrogen-bond donors (Lipinski definition) is 0. The van der Waals surface area contributed by atoms with Crippen LogP contribution in [0.15, 0.2) is 84.9 Å². The molecule has 0 radical (unpaired) electrons. The molecule has 0 aromatic heterocycles. The molecule has 22 heavy (non-hydrogen) atoms. The molecule has 3 aromatic rings. The molecule has 3 rings (SSSR count). The standard InChI is InChI=1S/C20H15NO/c21-15-16-11-13-18(14-12-16)20(17-7-3-1-4-8-17)22-19-9-5-2-6-10-19/h1-14,20H.